The molecule has 0 bridgehead atoms. The number of hydrogen-bond acceptors (Lipinski definition) is 3. The fourth-order valence-electron chi connectivity index (χ4n) is 2.07. The number of aromatic nitrogens is 3. The van der Waals surface area contributed by atoms with Crippen LogP contribution in [0.3, 0.4) is 0 Å². The average molecular weight is 293 g/mol. The molecule has 17 heavy (non-hydrogen) atoms. The van der Waals surface area contributed by atoms with Gasteiger partial charge < -0.3 is 9.47 Å². The SMILES string of the molecule is Cc1cc(N2CCn3ccnc3C2)ncc1Br. The molecule has 1 aliphatic rings. The van der Waals surface area contributed by atoms with Gasteiger partial charge in [-0.15, -0.1) is 0 Å². The third-order valence-electron chi connectivity index (χ3n) is 3.10. The largest absolute Gasteiger partial charge is 0.347 e. The van der Waals surface area contributed by atoms with Gasteiger partial charge in [0.25, 0.3) is 0 Å². The number of imidazole rings is 1. The zero-order valence-electron chi connectivity index (χ0n) is 9.60. The van der Waals surface area contributed by atoms with Crippen LogP contribution >= 0.6 is 15.9 Å². The normalized spacial score (nSPS) is 14.8. The third-order valence-corrected chi connectivity index (χ3v) is 3.93. The summed E-state index contributed by atoms with van der Waals surface area (Å²) in [4.78, 5) is 11.1. The monoisotopic (exact) mass is 292 g/mol. The first-order valence-corrected chi connectivity index (χ1v) is 6.40. The summed E-state index contributed by atoms with van der Waals surface area (Å²) in [5.74, 6) is 2.14. The van der Waals surface area contributed by atoms with E-state index in [1.165, 1.54) is 5.56 Å². The summed E-state index contributed by atoms with van der Waals surface area (Å²) in [5, 5.41) is 0. The molecule has 3 rings (SSSR count). The van der Waals surface area contributed by atoms with E-state index in [4.69, 9.17) is 0 Å². The van der Waals surface area contributed by atoms with Gasteiger partial charge in [-0.3, -0.25) is 0 Å². The Bertz CT molecular complexity index is 549. The Morgan fingerprint density at radius 2 is 2.18 bits per heavy atom. The summed E-state index contributed by atoms with van der Waals surface area (Å²) in [6.07, 6.45) is 5.76. The second-order valence-electron chi connectivity index (χ2n) is 4.25. The number of fused-ring (bicyclic) bond motifs is 1. The smallest absolute Gasteiger partial charge is 0.129 e. The molecule has 0 radical (unpaired) electrons. The summed E-state index contributed by atoms with van der Waals surface area (Å²) in [6, 6.07) is 2.11. The van der Waals surface area contributed by atoms with Crippen molar-refractivity contribution in [3.05, 3.63) is 40.5 Å². The van der Waals surface area contributed by atoms with E-state index in [0.29, 0.717) is 0 Å². The van der Waals surface area contributed by atoms with Crippen LogP contribution in [0.2, 0.25) is 0 Å². The highest BCUT2D eigenvalue weighted by Gasteiger charge is 2.17. The molecule has 0 aliphatic carbocycles. The molecule has 0 atom stereocenters. The fraction of sp³-hybridized carbons (Fsp3) is 0.333. The number of pyridine rings is 1. The third kappa shape index (κ3) is 1.95. The van der Waals surface area contributed by atoms with Crippen molar-refractivity contribution >= 4 is 21.7 Å². The molecule has 5 heteroatoms. The molecular formula is C12H13BrN4. The Kier molecular flexibility index (Phi) is 2.63. The minimum absolute atomic E-state index is 0.834. The molecule has 3 heterocycles. The number of anilines is 1. The van der Waals surface area contributed by atoms with E-state index in [1.807, 2.05) is 18.6 Å². The predicted molar refractivity (Wildman–Crippen MR) is 70.0 cm³/mol. The van der Waals surface area contributed by atoms with Gasteiger partial charge in [0, 0.05) is 36.2 Å². The molecule has 0 amide bonds. The molecule has 88 valence electrons. The summed E-state index contributed by atoms with van der Waals surface area (Å²) >= 11 is 3.48. The summed E-state index contributed by atoms with van der Waals surface area (Å²) in [5.41, 5.74) is 1.21. The maximum absolute atomic E-state index is 4.46. The zero-order valence-corrected chi connectivity index (χ0v) is 11.2. The zero-order chi connectivity index (χ0) is 11.8. The van der Waals surface area contributed by atoms with Gasteiger partial charge in [-0.05, 0) is 34.5 Å². The van der Waals surface area contributed by atoms with Crippen LogP contribution in [-0.4, -0.2) is 21.1 Å². The van der Waals surface area contributed by atoms with Gasteiger partial charge in [0.15, 0.2) is 0 Å². The first-order valence-electron chi connectivity index (χ1n) is 5.61. The van der Waals surface area contributed by atoms with Crippen molar-refractivity contribution < 1.29 is 0 Å². The van der Waals surface area contributed by atoms with Crippen molar-refractivity contribution in [1.29, 1.82) is 0 Å². The Labute approximate surface area is 108 Å². The lowest BCUT2D eigenvalue weighted by Gasteiger charge is -2.28. The van der Waals surface area contributed by atoms with Gasteiger partial charge in [0.05, 0.1) is 6.54 Å². The standard InChI is InChI=1S/C12H13BrN4/c1-9-6-11(15-7-10(9)13)17-5-4-16-3-2-14-12(16)8-17/h2-3,6-7H,4-5,8H2,1H3. The molecule has 0 N–H and O–H groups in total. The minimum atomic E-state index is 0.834. The Balaban J connectivity index is 1.89. The van der Waals surface area contributed by atoms with Gasteiger partial charge in [0.2, 0.25) is 0 Å². The van der Waals surface area contributed by atoms with Gasteiger partial charge in [-0.1, -0.05) is 0 Å². The van der Waals surface area contributed by atoms with Crippen molar-refractivity contribution in [2.24, 2.45) is 0 Å². The van der Waals surface area contributed by atoms with Crippen LogP contribution < -0.4 is 4.90 Å². The van der Waals surface area contributed by atoms with E-state index >= 15 is 0 Å². The Morgan fingerprint density at radius 3 is 3.00 bits per heavy atom. The molecule has 2 aromatic rings. The van der Waals surface area contributed by atoms with Crippen LogP contribution in [0, 0.1) is 6.92 Å². The van der Waals surface area contributed by atoms with Crippen molar-refractivity contribution in [2.45, 2.75) is 20.0 Å². The quantitative estimate of drug-likeness (QED) is 0.809. The lowest BCUT2D eigenvalue weighted by molar-refractivity contribution is 0.556. The maximum atomic E-state index is 4.46. The molecule has 1 aliphatic heterocycles. The highest BCUT2D eigenvalue weighted by Crippen LogP contribution is 2.22. The van der Waals surface area contributed by atoms with Crippen LogP contribution in [-0.2, 0) is 13.1 Å². The van der Waals surface area contributed by atoms with Crippen LogP contribution in [0.4, 0.5) is 5.82 Å². The topological polar surface area (TPSA) is 34.0 Å². The van der Waals surface area contributed by atoms with E-state index in [1.54, 1.807) is 0 Å². The predicted octanol–water partition coefficient (Wildman–Crippen LogP) is 2.37. The number of halogens is 1. The summed E-state index contributed by atoms with van der Waals surface area (Å²) in [6.45, 7) is 4.88. The van der Waals surface area contributed by atoms with E-state index in [2.05, 4.69) is 48.4 Å². The van der Waals surface area contributed by atoms with Gasteiger partial charge in [-0.25, -0.2) is 9.97 Å². The lowest BCUT2D eigenvalue weighted by Crippen LogP contribution is -2.34. The second-order valence-corrected chi connectivity index (χ2v) is 5.10. The summed E-state index contributed by atoms with van der Waals surface area (Å²) in [7, 11) is 0. The Morgan fingerprint density at radius 1 is 1.29 bits per heavy atom. The van der Waals surface area contributed by atoms with E-state index in [-0.39, 0.29) is 0 Å². The fourth-order valence-corrected chi connectivity index (χ4v) is 2.28. The highest BCUT2D eigenvalue weighted by molar-refractivity contribution is 9.10. The second kappa shape index (κ2) is 4.14. The first-order chi connectivity index (χ1) is 8.24. The molecular weight excluding hydrogens is 280 g/mol. The molecule has 0 saturated carbocycles. The number of hydrogen-bond donors (Lipinski definition) is 0. The molecule has 4 nitrogen and oxygen atoms in total. The average Bonchev–Trinajstić information content (AvgIpc) is 2.79. The van der Waals surface area contributed by atoms with E-state index in [0.717, 1.165) is 35.7 Å². The van der Waals surface area contributed by atoms with E-state index in [9.17, 15) is 0 Å². The van der Waals surface area contributed by atoms with Gasteiger partial charge in [-0.2, -0.15) is 0 Å². The van der Waals surface area contributed by atoms with Crippen molar-refractivity contribution in [2.75, 3.05) is 11.4 Å². The van der Waals surface area contributed by atoms with Crippen molar-refractivity contribution in [3.63, 3.8) is 0 Å². The van der Waals surface area contributed by atoms with E-state index < -0.39 is 0 Å². The van der Waals surface area contributed by atoms with Crippen LogP contribution in [0.15, 0.2) is 29.1 Å². The van der Waals surface area contributed by atoms with Gasteiger partial charge in [0.1, 0.15) is 11.6 Å². The van der Waals surface area contributed by atoms with Crippen molar-refractivity contribution in [3.8, 4) is 0 Å². The molecule has 0 fully saturated rings. The summed E-state index contributed by atoms with van der Waals surface area (Å²) < 4.78 is 3.25. The van der Waals surface area contributed by atoms with Crippen LogP contribution in [0.25, 0.3) is 0 Å². The van der Waals surface area contributed by atoms with Crippen molar-refractivity contribution in [1.82, 2.24) is 14.5 Å². The maximum Gasteiger partial charge on any atom is 0.129 e. The number of rotatable bonds is 1. The van der Waals surface area contributed by atoms with Gasteiger partial charge >= 0.3 is 0 Å². The molecule has 0 aromatic carbocycles. The number of nitrogens with zero attached hydrogens (tertiary/aromatic N) is 4. The first kappa shape index (κ1) is 10.8. The molecule has 0 saturated heterocycles. The Hall–Kier alpha value is -1.36. The molecule has 0 spiro atoms. The van der Waals surface area contributed by atoms with Crippen LogP contribution in [0.1, 0.15) is 11.4 Å². The van der Waals surface area contributed by atoms with Crippen LogP contribution in [0.5, 0.6) is 0 Å². The highest BCUT2D eigenvalue weighted by atomic mass is 79.9. The lowest BCUT2D eigenvalue weighted by atomic mass is 10.2. The molecule has 0 unspecified atom stereocenters. The minimum Gasteiger partial charge on any atom is -0.347 e. The number of aryl methyl sites for hydroxylation is 1. The molecule has 2 aromatic heterocycles.